The maximum atomic E-state index is 10.7. The van der Waals surface area contributed by atoms with Gasteiger partial charge in [-0.3, -0.25) is 5.41 Å². The molecule has 2 heterocycles. The first-order valence-electron chi connectivity index (χ1n) is 4.43. The number of carboxylic acid groups (broad SMARTS) is 1. The molecular weight excluding hydrogens is 234 g/mol. The molecule has 2 N–H and O–H groups in total. The molecule has 2 rings (SSSR count). The fourth-order valence-electron chi connectivity index (χ4n) is 1.36. The first-order chi connectivity index (χ1) is 7.59. The van der Waals surface area contributed by atoms with Gasteiger partial charge in [-0.15, -0.1) is 0 Å². The van der Waals surface area contributed by atoms with E-state index in [4.69, 9.17) is 27.0 Å². The van der Waals surface area contributed by atoms with Gasteiger partial charge in [-0.25, -0.2) is 14.2 Å². The Kier molecular flexibility index (Phi) is 2.76. The molecule has 1 fully saturated rings. The maximum absolute atomic E-state index is 10.7. The van der Waals surface area contributed by atoms with Crippen LogP contribution in [0.4, 0.5) is 0 Å². The Morgan fingerprint density at radius 1 is 1.69 bits per heavy atom. The quantitative estimate of drug-likeness (QED) is 0.761. The van der Waals surface area contributed by atoms with Crippen molar-refractivity contribution in [3.63, 3.8) is 0 Å². The van der Waals surface area contributed by atoms with Crippen LogP contribution in [0.25, 0.3) is 0 Å². The van der Waals surface area contributed by atoms with Crippen molar-refractivity contribution in [1.29, 1.82) is 5.41 Å². The summed E-state index contributed by atoms with van der Waals surface area (Å²) < 4.78 is 6.32. The molecule has 16 heavy (non-hydrogen) atoms. The topological polar surface area (TPSA) is 86.5 Å². The highest BCUT2D eigenvalue weighted by Crippen LogP contribution is 2.26. The van der Waals surface area contributed by atoms with Crippen LogP contribution in [0, 0.1) is 5.41 Å². The summed E-state index contributed by atoms with van der Waals surface area (Å²) in [6, 6.07) is 4.53. The number of carboxylic acids is 1. The molecule has 6 nitrogen and oxygen atoms in total. The van der Waals surface area contributed by atoms with Gasteiger partial charge in [-0.05, 0) is 12.1 Å². The molecule has 1 aromatic heterocycles. The molecule has 1 aliphatic heterocycles. The van der Waals surface area contributed by atoms with Crippen LogP contribution in [0.1, 0.15) is 22.3 Å². The number of pyridine rings is 1. The molecule has 0 saturated carbocycles. The lowest BCUT2D eigenvalue weighted by Crippen LogP contribution is -2.17. The Morgan fingerprint density at radius 3 is 3.00 bits per heavy atom. The summed E-state index contributed by atoms with van der Waals surface area (Å²) in [6.07, 6.45) is -0.697. The second-order valence-corrected chi connectivity index (χ2v) is 3.58. The van der Waals surface area contributed by atoms with E-state index in [9.17, 15) is 4.79 Å². The number of aromatic carboxylic acids is 1. The standard InChI is InChI=1S/C9H8ClN3O3/c10-13-4-16-7(8(13)11)5-2-1-3-6(12-5)9(14)15/h1-3,7,11H,4H2,(H,14,15). The van der Waals surface area contributed by atoms with Gasteiger partial charge in [0.1, 0.15) is 18.3 Å². The molecule has 7 heteroatoms. The van der Waals surface area contributed by atoms with Crippen molar-refractivity contribution in [1.82, 2.24) is 9.40 Å². The molecule has 1 atom stereocenters. The van der Waals surface area contributed by atoms with Crippen LogP contribution >= 0.6 is 11.8 Å². The maximum Gasteiger partial charge on any atom is 0.354 e. The highest BCUT2D eigenvalue weighted by molar-refractivity contribution is 6.22. The number of halogens is 1. The molecule has 1 aliphatic rings. The molecule has 0 aromatic carbocycles. The van der Waals surface area contributed by atoms with Gasteiger partial charge in [0.05, 0.1) is 5.69 Å². The van der Waals surface area contributed by atoms with Gasteiger partial charge in [0.2, 0.25) is 0 Å². The van der Waals surface area contributed by atoms with Gasteiger partial charge in [-0.2, -0.15) is 0 Å². The summed E-state index contributed by atoms with van der Waals surface area (Å²) in [6.45, 7) is 0.0873. The third-order valence-electron chi connectivity index (χ3n) is 2.12. The fourth-order valence-corrected chi connectivity index (χ4v) is 1.50. The van der Waals surface area contributed by atoms with Crippen molar-refractivity contribution in [3.8, 4) is 0 Å². The number of carbonyl (C=O) groups is 1. The average molecular weight is 242 g/mol. The molecule has 1 saturated heterocycles. The zero-order valence-electron chi connectivity index (χ0n) is 8.05. The number of nitrogens with one attached hydrogen (secondary N) is 1. The predicted octanol–water partition coefficient (Wildman–Crippen LogP) is 1.24. The molecular formula is C9H8ClN3O3. The Balaban J connectivity index is 2.31. The van der Waals surface area contributed by atoms with Crippen LogP contribution in [0.3, 0.4) is 0 Å². The van der Waals surface area contributed by atoms with Gasteiger partial charge in [0.15, 0.2) is 6.10 Å². The lowest BCUT2D eigenvalue weighted by Gasteiger charge is -2.09. The van der Waals surface area contributed by atoms with Gasteiger partial charge < -0.3 is 9.84 Å². The molecule has 1 unspecified atom stereocenters. The second kappa shape index (κ2) is 4.07. The first kappa shape index (κ1) is 10.8. The summed E-state index contributed by atoms with van der Waals surface area (Å²) in [5, 5.41) is 16.4. The number of hydrogen-bond acceptors (Lipinski definition) is 4. The fraction of sp³-hybridized carbons (Fsp3) is 0.222. The summed E-state index contributed by atoms with van der Waals surface area (Å²) in [7, 11) is 0. The molecule has 0 spiro atoms. The smallest absolute Gasteiger partial charge is 0.354 e. The third-order valence-corrected chi connectivity index (χ3v) is 2.40. The lowest BCUT2D eigenvalue weighted by atomic mass is 10.2. The minimum Gasteiger partial charge on any atom is -0.477 e. The predicted molar refractivity (Wildman–Crippen MR) is 55.3 cm³/mol. The van der Waals surface area contributed by atoms with E-state index in [2.05, 4.69) is 4.98 Å². The third kappa shape index (κ3) is 1.84. The monoisotopic (exact) mass is 241 g/mol. The highest BCUT2D eigenvalue weighted by Gasteiger charge is 2.31. The SMILES string of the molecule is N=C1C(c2cccc(C(=O)O)n2)OCN1Cl. The number of hydrogen-bond donors (Lipinski definition) is 2. The van der Waals surface area contributed by atoms with Crippen LogP contribution in [-0.2, 0) is 4.74 Å². The van der Waals surface area contributed by atoms with E-state index in [1.807, 2.05) is 0 Å². The first-order valence-corrected chi connectivity index (χ1v) is 4.77. The van der Waals surface area contributed by atoms with E-state index in [1.165, 1.54) is 6.07 Å². The van der Waals surface area contributed by atoms with E-state index in [-0.39, 0.29) is 18.3 Å². The van der Waals surface area contributed by atoms with Crippen molar-refractivity contribution in [2.45, 2.75) is 6.10 Å². The number of ether oxygens (including phenoxy) is 1. The summed E-state index contributed by atoms with van der Waals surface area (Å²) in [5.74, 6) is -1.06. The Morgan fingerprint density at radius 2 is 2.44 bits per heavy atom. The molecule has 0 bridgehead atoms. The van der Waals surface area contributed by atoms with Crippen molar-refractivity contribution in [2.75, 3.05) is 6.73 Å². The molecule has 0 amide bonds. The largest absolute Gasteiger partial charge is 0.477 e. The number of amidine groups is 1. The molecule has 1 aromatic rings. The van der Waals surface area contributed by atoms with Crippen molar-refractivity contribution in [3.05, 3.63) is 29.6 Å². The number of aromatic nitrogens is 1. The van der Waals surface area contributed by atoms with E-state index in [0.29, 0.717) is 5.69 Å². The van der Waals surface area contributed by atoms with E-state index < -0.39 is 12.1 Å². The van der Waals surface area contributed by atoms with Crippen LogP contribution in [0.2, 0.25) is 0 Å². The van der Waals surface area contributed by atoms with Crippen LogP contribution < -0.4 is 0 Å². The highest BCUT2D eigenvalue weighted by atomic mass is 35.5. The Labute approximate surface area is 96.0 Å². The van der Waals surface area contributed by atoms with E-state index in [1.54, 1.807) is 12.1 Å². The van der Waals surface area contributed by atoms with Gasteiger partial charge in [0.25, 0.3) is 0 Å². The molecule has 84 valence electrons. The van der Waals surface area contributed by atoms with Crippen molar-refractivity contribution >= 4 is 23.6 Å². The lowest BCUT2D eigenvalue weighted by molar-refractivity contribution is 0.0688. The Hall–Kier alpha value is -1.66. The van der Waals surface area contributed by atoms with Gasteiger partial charge in [-0.1, -0.05) is 6.07 Å². The number of nitrogens with zero attached hydrogens (tertiary/aromatic N) is 2. The second-order valence-electron chi connectivity index (χ2n) is 3.18. The minimum absolute atomic E-state index is 0.0525. The van der Waals surface area contributed by atoms with Crippen molar-refractivity contribution < 1.29 is 14.6 Å². The average Bonchev–Trinajstić information content (AvgIpc) is 2.60. The molecule has 0 aliphatic carbocycles. The van der Waals surface area contributed by atoms with Crippen LogP contribution in [-0.4, -0.2) is 33.0 Å². The van der Waals surface area contributed by atoms with Crippen molar-refractivity contribution in [2.24, 2.45) is 0 Å². The van der Waals surface area contributed by atoms with Gasteiger partial charge >= 0.3 is 5.97 Å². The minimum atomic E-state index is -1.12. The van der Waals surface area contributed by atoms with Crippen LogP contribution in [0.15, 0.2) is 18.2 Å². The van der Waals surface area contributed by atoms with Crippen LogP contribution in [0.5, 0.6) is 0 Å². The summed E-state index contributed by atoms with van der Waals surface area (Å²) >= 11 is 5.65. The zero-order valence-corrected chi connectivity index (χ0v) is 8.81. The van der Waals surface area contributed by atoms with E-state index >= 15 is 0 Å². The summed E-state index contributed by atoms with van der Waals surface area (Å²) in [4.78, 5) is 14.6. The zero-order chi connectivity index (χ0) is 11.7. The molecule has 0 radical (unpaired) electrons. The van der Waals surface area contributed by atoms with Gasteiger partial charge in [0, 0.05) is 11.8 Å². The normalized spacial score (nSPS) is 20.2. The number of rotatable bonds is 2. The summed E-state index contributed by atoms with van der Waals surface area (Å²) in [5.41, 5.74) is 0.287. The Bertz CT molecular complexity index is 451. The van der Waals surface area contributed by atoms with E-state index in [0.717, 1.165) is 4.42 Å².